The van der Waals surface area contributed by atoms with Crippen molar-refractivity contribution in [1.82, 2.24) is 14.9 Å². The van der Waals surface area contributed by atoms with Crippen LogP contribution in [0.25, 0.3) is 10.9 Å². The number of benzene rings is 2. The predicted molar refractivity (Wildman–Crippen MR) is 91.6 cm³/mol. The summed E-state index contributed by atoms with van der Waals surface area (Å²) in [7, 11) is 0. The number of amides is 1. The van der Waals surface area contributed by atoms with Gasteiger partial charge in [0, 0.05) is 0 Å². The van der Waals surface area contributed by atoms with Crippen LogP contribution in [0, 0.1) is 0 Å². The quantitative estimate of drug-likeness (QED) is 0.805. The Labute approximate surface area is 139 Å². The highest BCUT2D eigenvalue weighted by atomic mass is 16.2. The van der Waals surface area contributed by atoms with Gasteiger partial charge in [-0.1, -0.05) is 36.4 Å². The van der Waals surface area contributed by atoms with Crippen LogP contribution in [-0.4, -0.2) is 15.5 Å². The Balaban J connectivity index is 1.53. The van der Waals surface area contributed by atoms with Crippen LogP contribution in [-0.2, 0) is 17.8 Å². The molecule has 1 aliphatic rings. The highest BCUT2D eigenvalue weighted by Gasteiger charge is 2.23. The van der Waals surface area contributed by atoms with E-state index in [9.17, 15) is 9.59 Å². The van der Waals surface area contributed by atoms with E-state index in [2.05, 4.69) is 22.4 Å². The molecule has 1 aliphatic carbocycles. The fraction of sp³-hybridized carbons (Fsp3) is 0.211. The van der Waals surface area contributed by atoms with Crippen LogP contribution in [0.15, 0.2) is 59.7 Å². The van der Waals surface area contributed by atoms with Crippen LogP contribution in [0.2, 0.25) is 0 Å². The van der Waals surface area contributed by atoms with E-state index in [1.165, 1.54) is 22.0 Å². The fourth-order valence-electron chi connectivity index (χ4n) is 3.32. The molecule has 5 nitrogen and oxygen atoms in total. The van der Waals surface area contributed by atoms with Gasteiger partial charge in [0.1, 0.15) is 6.54 Å². The highest BCUT2D eigenvalue weighted by Crippen LogP contribution is 2.30. The molecular weight excluding hydrogens is 302 g/mol. The molecule has 0 bridgehead atoms. The second-order valence-electron chi connectivity index (χ2n) is 6.05. The topological polar surface area (TPSA) is 64.0 Å². The van der Waals surface area contributed by atoms with Gasteiger partial charge in [-0.2, -0.15) is 0 Å². The molecule has 0 radical (unpaired) electrons. The van der Waals surface area contributed by atoms with E-state index >= 15 is 0 Å². The smallest absolute Gasteiger partial charge is 0.261 e. The summed E-state index contributed by atoms with van der Waals surface area (Å²) in [6.45, 7) is -0.0185. The van der Waals surface area contributed by atoms with E-state index in [0.29, 0.717) is 10.9 Å². The number of fused-ring (bicyclic) bond motifs is 2. The summed E-state index contributed by atoms with van der Waals surface area (Å²) in [5, 5.41) is 3.56. The van der Waals surface area contributed by atoms with Gasteiger partial charge in [0.15, 0.2) is 0 Å². The number of aromatic nitrogens is 2. The molecule has 1 atom stereocenters. The molecule has 1 N–H and O–H groups in total. The van der Waals surface area contributed by atoms with Crippen molar-refractivity contribution < 1.29 is 4.79 Å². The van der Waals surface area contributed by atoms with Crippen molar-refractivity contribution >= 4 is 16.8 Å². The average Bonchev–Trinajstić information content (AvgIpc) is 3.01. The van der Waals surface area contributed by atoms with E-state index < -0.39 is 0 Å². The van der Waals surface area contributed by atoms with Gasteiger partial charge < -0.3 is 5.32 Å². The molecule has 24 heavy (non-hydrogen) atoms. The summed E-state index contributed by atoms with van der Waals surface area (Å²) in [5.41, 5.74) is 2.91. The second kappa shape index (κ2) is 5.92. The van der Waals surface area contributed by atoms with Crippen LogP contribution in [0.5, 0.6) is 0 Å². The van der Waals surface area contributed by atoms with Gasteiger partial charge >= 0.3 is 0 Å². The number of nitrogens with one attached hydrogen (secondary N) is 1. The lowest BCUT2D eigenvalue weighted by Gasteiger charge is -2.14. The zero-order chi connectivity index (χ0) is 16.5. The number of carbonyl (C=O) groups is 1. The number of carbonyl (C=O) groups excluding carboxylic acids is 1. The summed E-state index contributed by atoms with van der Waals surface area (Å²) in [5.74, 6) is -0.170. The van der Waals surface area contributed by atoms with Gasteiger partial charge in [-0.25, -0.2) is 4.98 Å². The Morgan fingerprint density at radius 3 is 2.88 bits per heavy atom. The molecule has 0 saturated heterocycles. The molecule has 1 amide bonds. The minimum absolute atomic E-state index is 0.0185. The van der Waals surface area contributed by atoms with Crippen LogP contribution < -0.4 is 10.9 Å². The Hall–Kier alpha value is -2.95. The summed E-state index contributed by atoms with van der Waals surface area (Å²) in [6, 6.07) is 15.3. The minimum Gasteiger partial charge on any atom is -0.348 e. The summed E-state index contributed by atoms with van der Waals surface area (Å²) >= 11 is 0. The van der Waals surface area contributed by atoms with Crippen LogP contribution in [0.3, 0.4) is 0 Å². The number of hydrogen-bond donors (Lipinski definition) is 1. The van der Waals surface area contributed by atoms with E-state index in [-0.39, 0.29) is 24.1 Å². The predicted octanol–water partition coefficient (Wildman–Crippen LogP) is 2.20. The lowest BCUT2D eigenvalue weighted by Crippen LogP contribution is -2.34. The second-order valence-corrected chi connectivity index (χ2v) is 6.05. The van der Waals surface area contributed by atoms with Gasteiger partial charge in [-0.15, -0.1) is 0 Å². The summed E-state index contributed by atoms with van der Waals surface area (Å²) in [4.78, 5) is 29.1. The Morgan fingerprint density at radius 2 is 1.96 bits per heavy atom. The Bertz CT molecular complexity index is 978. The van der Waals surface area contributed by atoms with Gasteiger partial charge in [-0.05, 0) is 36.1 Å². The number of aryl methyl sites for hydroxylation is 1. The first-order chi connectivity index (χ1) is 11.7. The molecule has 5 heteroatoms. The zero-order valence-corrected chi connectivity index (χ0v) is 13.1. The SMILES string of the molecule is O=C(Cn1cnc2ccccc2c1=O)NC1CCc2ccccc21. The first kappa shape index (κ1) is 14.6. The molecule has 1 aromatic heterocycles. The Morgan fingerprint density at radius 1 is 1.17 bits per heavy atom. The van der Waals surface area contributed by atoms with Crippen molar-refractivity contribution in [3.63, 3.8) is 0 Å². The van der Waals surface area contributed by atoms with Gasteiger partial charge in [0.05, 0.1) is 23.3 Å². The van der Waals surface area contributed by atoms with E-state index in [1.54, 1.807) is 18.2 Å². The summed E-state index contributed by atoms with van der Waals surface area (Å²) in [6.07, 6.45) is 3.31. The lowest BCUT2D eigenvalue weighted by atomic mass is 10.1. The van der Waals surface area contributed by atoms with Gasteiger partial charge in [-0.3, -0.25) is 14.2 Å². The average molecular weight is 319 g/mol. The number of nitrogens with zero attached hydrogens (tertiary/aromatic N) is 2. The molecule has 1 unspecified atom stereocenters. The Kier molecular flexibility index (Phi) is 3.61. The molecule has 2 aromatic carbocycles. The maximum Gasteiger partial charge on any atom is 0.261 e. The third kappa shape index (κ3) is 2.58. The standard InChI is InChI=1S/C19H17N3O2/c23-18(21-17-10-9-13-5-1-2-6-14(13)17)11-22-12-20-16-8-4-3-7-15(16)19(22)24/h1-8,12,17H,9-11H2,(H,21,23). The number of rotatable bonds is 3. The first-order valence-corrected chi connectivity index (χ1v) is 8.04. The molecular formula is C19H17N3O2. The molecule has 0 fully saturated rings. The van der Waals surface area contributed by atoms with Crippen molar-refractivity contribution in [3.8, 4) is 0 Å². The molecule has 0 spiro atoms. The summed E-state index contributed by atoms with van der Waals surface area (Å²) < 4.78 is 1.36. The molecule has 0 aliphatic heterocycles. The maximum atomic E-state index is 12.4. The fourth-order valence-corrected chi connectivity index (χ4v) is 3.32. The molecule has 3 aromatic rings. The lowest BCUT2D eigenvalue weighted by molar-refractivity contribution is -0.122. The third-order valence-corrected chi connectivity index (χ3v) is 4.51. The van der Waals surface area contributed by atoms with Gasteiger partial charge in [0.2, 0.25) is 5.91 Å². The monoisotopic (exact) mass is 319 g/mol. The van der Waals surface area contributed by atoms with Crippen LogP contribution in [0.4, 0.5) is 0 Å². The van der Waals surface area contributed by atoms with Crippen molar-refractivity contribution in [2.45, 2.75) is 25.4 Å². The van der Waals surface area contributed by atoms with Crippen LogP contribution in [0.1, 0.15) is 23.6 Å². The van der Waals surface area contributed by atoms with Crippen molar-refractivity contribution in [2.75, 3.05) is 0 Å². The van der Waals surface area contributed by atoms with Gasteiger partial charge in [0.25, 0.3) is 5.56 Å². The van der Waals surface area contributed by atoms with E-state index in [1.807, 2.05) is 18.2 Å². The number of hydrogen-bond acceptors (Lipinski definition) is 3. The molecule has 120 valence electrons. The van der Waals surface area contributed by atoms with Crippen molar-refractivity contribution in [1.29, 1.82) is 0 Å². The highest BCUT2D eigenvalue weighted by molar-refractivity contribution is 5.79. The first-order valence-electron chi connectivity index (χ1n) is 8.04. The maximum absolute atomic E-state index is 12.4. The van der Waals surface area contributed by atoms with E-state index in [4.69, 9.17) is 0 Å². The van der Waals surface area contributed by atoms with Crippen molar-refractivity contribution in [2.24, 2.45) is 0 Å². The molecule has 4 rings (SSSR count). The minimum atomic E-state index is -0.192. The zero-order valence-electron chi connectivity index (χ0n) is 13.1. The molecule has 1 heterocycles. The third-order valence-electron chi connectivity index (χ3n) is 4.51. The van der Waals surface area contributed by atoms with Crippen LogP contribution >= 0.6 is 0 Å². The largest absolute Gasteiger partial charge is 0.348 e. The number of para-hydroxylation sites is 1. The normalized spacial score (nSPS) is 16.1. The van der Waals surface area contributed by atoms with Crippen molar-refractivity contribution in [3.05, 3.63) is 76.3 Å². The van der Waals surface area contributed by atoms with E-state index in [0.717, 1.165) is 12.8 Å². The molecule has 0 saturated carbocycles.